The molecule has 0 aliphatic heterocycles. The molecule has 0 aliphatic rings. The van der Waals surface area contributed by atoms with Gasteiger partial charge in [0.1, 0.15) is 11.4 Å². The van der Waals surface area contributed by atoms with Crippen molar-refractivity contribution in [3.05, 3.63) is 48.7 Å². The van der Waals surface area contributed by atoms with Crippen molar-refractivity contribution in [3.63, 3.8) is 0 Å². The number of aromatic amines is 1. The van der Waals surface area contributed by atoms with E-state index in [9.17, 15) is 8.78 Å². The first-order valence-corrected chi connectivity index (χ1v) is 8.22. The van der Waals surface area contributed by atoms with Gasteiger partial charge in [0.25, 0.3) is 0 Å². The Morgan fingerprint density at radius 3 is 2.85 bits per heavy atom. The van der Waals surface area contributed by atoms with Crippen LogP contribution in [0.5, 0.6) is 5.75 Å². The number of halogens is 2. The average molecular weight is 374 g/mol. The van der Waals surface area contributed by atoms with Crippen LogP contribution >= 0.6 is 11.8 Å². The van der Waals surface area contributed by atoms with Gasteiger partial charge in [0.2, 0.25) is 5.95 Å². The Balaban J connectivity index is 1.88. The summed E-state index contributed by atoms with van der Waals surface area (Å²) in [4.78, 5) is 9.27. The zero-order chi connectivity index (χ0) is 18.3. The van der Waals surface area contributed by atoms with Gasteiger partial charge in [0, 0.05) is 18.5 Å². The summed E-state index contributed by atoms with van der Waals surface area (Å²) >= 11 is 1.41. The van der Waals surface area contributed by atoms with Crippen molar-refractivity contribution in [3.8, 4) is 17.0 Å². The number of hydrogen-bond acceptors (Lipinski definition) is 6. The number of aromatic nitrogens is 5. The fourth-order valence-electron chi connectivity index (χ4n) is 2.50. The van der Waals surface area contributed by atoms with Gasteiger partial charge in [-0.2, -0.15) is 14.5 Å². The molecular weight excluding hydrogens is 362 g/mol. The van der Waals surface area contributed by atoms with Crippen LogP contribution in [0.3, 0.4) is 0 Å². The number of nitrogens with two attached hydrogens (primary N) is 1. The third kappa shape index (κ3) is 2.73. The molecule has 3 N–H and O–H groups in total. The zero-order valence-corrected chi connectivity index (χ0v) is 14.2. The highest BCUT2D eigenvalue weighted by atomic mass is 32.2. The van der Waals surface area contributed by atoms with Crippen LogP contribution in [0.1, 0.15) is 0 Å². The zero-order valence-electron chi connectivity index (χ0n) is 13.4. The van der Waals surface area contributed by atoms with Crippen molar-refractivity contribution >= 4 is 23.2 Å². The lowest BCUT2D eigenvalue weighted by Crippen LogP contribution is -2.01. The van der Waals surface area contributed by atoms with Crippen molar-refractivity contribution in [2.24, 2.45) is 0 Å². The molecule has 0 aliphatic carbocycles. The quantitative estimate of drug-likeness (QED) is 0.533. The van der Waals surface area contributed by atoms with Crippen LogP contribution in [-0.2, 0) is 0 Å². The van der Waals surface area contributed by atoms with Gasteiger partial charge >= 0.3 is 0 Å². The number of ether oxygens (including phenoxy) is 1. The topological polar surface area (TPSA) is 94.1 Å². The summed E-state index contributed by atoms with van der Waals surface area (Å²) < 4.78 is 35.1. The van der Waals surface area contributed by atoms with E-state index in [1.165, 1.54) is 18.0 Å². The minimum atomic E-state index is -0.870. The van der Waals surface area contributed by atoms with E-state index in [1.807, 2.05) is 0 Å². The normalized spacial score (nSPS) is 11.2. The van der Waals surface area contributed by atoms with E-state index in [0.29, 0.717) is 17.1 Å². The lowest BCUT2D eigenvalue weighted by Gasteiger charge is -2.10. The Hall–Kier alpha value is -3.14. The van der Waals surface area contributed by atoms with E-state index in [-0.39, 0.29) is 5.56 Å². The average Bonchev–Trinajstić information content (AvgIpc) is 3.27. The number of hydrogen-bond donors (Lipinski definition) is 2. The highest BCUT2D eigenvalue weighted by Gasteiger charge is 2.17. The van der Waals surface area contributed by atoms with E-state index < -0.39 is 17.6 Å². The van der Waals surface area contributed by atoms with Crippen molar-refractivity contribution in [1.29, 1.82) is 0 Å². The van der Waals surface area contributed by atoms with Crippen LogP contribution in [0.25, 0.3) is 16.9 Å². The summed E-state index contributed by atoms with van der Waals surface area (Å²) in [6.45, 7) is 0. The second kappa shape index (κ2) is 6.30. The first-order chi connectivity index (χ1) is 12.6. The molecule has 26 heavy (non-hydrogen) atoms. The molecule has 4 aromatic rings. The van der Waals surface area contributed by atoms with Crippen LogP contribution in [0.15, 0.2) is 46.7 Å². The fraction of sp³-hybridized carbons (Fsp3) is 0.0625. The van der Waals surface area contributed by atoms with Gasteiger partial charge < -0.3 is 10.5 Å². The number of nitrogens with one attached hydrogen (secondary N) is 1. The van der Waals surface area contributed by atoms with Crippen molar-refractivity contribution < 1.29 is 13.5 Å². The van der Waals surface area contributed by atoms with Crippen LogP contribution in [0.4, 0.5) is 14.6 Å². The number of fused-ring (bicyclic) bond motifs is 1. The van der Waals surface area contributed by atoms with Gasteiger partial charge in [-0.05, 0) is 6.07 Å². The summed E-state index contributed by atoms with van der Waals surface area (Å²) in [5.41, 5.74) is 6.15. The maximum atomic E-state index is 14.2. The molecule has 0 radical (unpaired) electrons. The lowest BCUT2D eigenvalue weighted by atomic mass is 10.2. The maximum Gasteiger partial charge on any atom is 0.224 e. The first kappa shape index (κ1) is 16.3. The van der Waals surface area contributed by atoms with Crippen molar-refractivity contribution in [1.82, 2.24) is 24.6 Å². The van der Waals surface area contributed by atoms with Gasteiger partial charge in [-0.15, -0.1) is 0 Å². The van der Waals surface area contributed by atoms with E-state index in [4.69, 9.17) is 10.5 Å². The number of methoxy groups -OCH3 is 1. The highest BCUT2D eigenvalue weighted by Crippen LogP contribution is 2.36. The van der Waals surface area contributed by atoms with Crippen LogP contribution in [0, 0.1) is 11.8 Å². The Morgan fingerprint density at radius 2 is 2.12 bits per heavy atom. The number of pyridine rings is 2. The Morgan fingerprint density at radius 1 is 1.27 bits per heavy atom. The fourth-order valence-corrected chi connectivity index (χ4v) is 3.38. The molecule has 10 heteroatoms. The molecule has 0 fully saturated rings. The van der Waals surface area contributed by atoms with Gasteiger partial charge in [0.15, 0.2) is 11.6 Å². The molecule has 4 rings (SSSR count). The molecule has 0 spiro atoms. The molecule has 0 saturated carbocycles. The predicted octanol–water partition coefficient (Wildman–Crippen LogP) is 3.14. The molecular formula is C16H12F2N6OS. The van der Waals surface area contributed by atoms with Crippen molar-refractivity contribution in [2.45, 2.75) is 9.79 Å². The minimum absolute atomic E-state index is 0.0337. The summed E-state index contributed by atoms with van der Waals surface area (Å²) in [6.07, 6.45) is 6.59. The number of nitrogens with zero attached hydrogens (tertiary/aromatic N) is 4. The molecule has 0 unspecified atom stereocenters. The second-order valence-electron chi connectivity index (χ2n) is 5.31. The SMILES string of the molecule is COc1cc2ncc(-c3cc(F)c(N)nc3F)n2cc1Sc1cn[nH]c1. The number of anilines is 1. The molecule has 0 aromatic carbocycles. The predicted molar refractivity (Wildman–Crippen MR) is 92.0 cm³/mol. The number of imidazole rings is 1. The number of H-pyrrole nitrogens is 1. The Labute approximate surface area is 150 Å². The van der Waals surface area contributed by atoms with E-state index in [2.05, 4.69) is 20.2 Å². The molecule has 4 aromatic heterocycles. The lowest BCUT2D eigenvalue weighted by molar-refractivity contribution is 0.404. The largest absolute Gasteiger partial charge is 0.495 e. The molecule has 0 bridgehead atoms. The molecule has 0 amide bonds. The second-order valence-corrected chi connectivity index (χ2v) is 6.42. The molecule has 132 valence electrons. The van der Waals surface area contributed by atoms with E-state index in [0.717, 1.165) is 15.9 Å². The Kier molecular flexibility index (Phi) is 3.96. The smallest absolute Gasteiger partial charge is 0.224 e. The van der Waals surface area contributed by atoms with Gasteiger partial charge in [-0.3, -0.25) is 9.50 Å². The minimum Gasteiger partial charge on any atom is -0.495 e. The summed E-state index contributed by atoms with van der Waals surface area (Å²) in [5, 5.41) is 6.64. The number of nitrogen functional groups attached to an aromatic ring is 1. The van der Waals surface area contributed by atoms with Gasteiger partial charge in [-0.25, -0.2) is 9.37 Å². The summed E-state index contributed by atoms with van der Waals surface area (Å²) in [5.74, 6) is -1.55. The molecule has 7 nitrogen and oxygen atoms in total. The van der Waals surface area contributed by atoms with Crippen LogP contribution in [-0.4, -0.2) is 31.7 Å². The van der Waals surface area contributed by atoms with Crippen molar-refractivity contribution in [2.75, 3.05) is 12.8 Å². The van der Waals surface area contributed by atoms with Crippen LogP contribution < -0.4 is 10.5 Å². The first-order valence-electron chi connectivity index (χ1n) is 7.40. The summed E-state index contributed by atoms with van der Waals surface area (Å²) in [6, 6.07) is 2.72. The van der Waals surface area contributed by atoms with E-state index in [1.54, 1.807) is 36.2 Å². The van der Waals surface area contributed by atoms with Gasteiger partial charge in [-0.1, -0.05) is 11.8 Å². The number of rotatable bonds is 4. The maximum absolute atomic E-state index is 14.2. The van der Waals surface area contributed by atoms with Crippen LogP contribution in [0.2, 0.25) is 0 Å². The Bertz CT molecular complexity index is 1100. The molecule has 0 atom stereocenters. The third-order valence-electron chi connectivity index (χ3n) is 3.73. The highest BCUT2D eigenvalue weighted by molar-refractivity contribution is 7.99. The molecule has 4 heterocycles. The standard InChI is InChI=1S/C16H12F2N6OS/c1-25-12-3-14-20-6-11(9-2-10(17)16(19)23-15(9)18)24(14)7-13(12)26-8-4-21-22-5-8/h2-7H,1H3,(H2,19,23)(H,21,22). The molecule has 0 saturated heterocycles. The van der Waals surface area contributed by atoms with Gasteiger partial charge in [0.05, 0.1) is 40.6 Å². The van der Waals surface area contributed by atoms with E-state index >= 15 is 0 Å². The third-order valence-corrected chi connectivity index (χ3v) is 4.71. The monoisotopic (exact) mass is 374 g/mol. The summed E-state index contributed by atoms with van der Waals surface area (Å²) in [7, 11) is 1.55.